The highest BCUT2D eigenvalue weighted by molar-refractivity contribution is 6.05. The van der Waals surface area contributed by atoms with Crippen LogP contribution in [0.4, 0.5) is 0 Å². The number of fused-ring (bicyclic) bond motifs is 1. The highest BCUT2D eigenvalue weighted by atomic mass is 16.2. The molecule has 1 aliphatic heterocycles. The number of H-pyrrole nitrogens is 1. The SMILES string of the molecule is [C-]#[N+][C@@]1(C)CN(C(=O)C=C)C[C@@H]1Cc1cnc2[nH]cc(C(=O)CCC)c2n1. The largest absolute Gasteiger partial charge is 0.344 e. The lowest BCUT2D eigenvalue weighted by Crippen LogP contribution is -2.33. The van der Waals surface area contributed by atoms with Gasteiger partial charge in [-0.25, -0.2) is 16.5 Å². The van der Waals surface area contributed by atoms with Gasteiger partial charge >= 0.3 is 0 Å². The monoisotopic (exact) mass is 365 g/mol. The summed E-state index contributed by atoms with van der Waals surface area (Å²) in [6.45, 7) is 15.8. The van der Waals surface area contributed by atoms with Crippen LogP contribution in [0.1, 0.15) is 42.7 Å². The zero-order valence-electron chi connectivity index (χ0n) is 15.7. The Kier molecular flexibility index (Phi) is 5.08. The van der Waals surface area contributed by atoms with Gasteiger partial charge in [-0.1, -0.05) is 13.5 Å². The number of rotatable bonds is 6. The molecule has 3 rings (SSSR count). The maximum absolute atomic E-state index is 12.3. The van der Waals surface area contributed by atoms with Crippen LogP contribution in [0.15, 0.2) is 25.0 Å². The lowest BCUT2D eigenvalue weighted by molar-refractivity contribution is -0.125. The number of nitrogens with zero attached hydrogens (tertiary/aromatic N) is 4. The van der Waals surface area contributed by atoms with E-state index in [2.05, 4.69) is 26.4 Å². The van der Waals surface area contributed by atoms with Gasteiger partial charge in [0, 0.05) is 32.5 Å². The molecule has 0 unspecified atom stereocenters. The van der Waals surface area contributed by atoms with Crippen molar-refractivity contribution in [1.29, 1.82) is 0 Å². The van der Waals surface area contributed by atoms with Gasteiger partial charge in [0.15, 0.2) is 11.4 Å². The van der Waals surface area contributed by atoms with Crippen molar-refractivity contribution in [3.05, 3.63) is 47.7 Å². The number of amides is 1. The molecule has 27 heavy (non-hydrogen) atoms. The molecule has 7 nitrogen and oxygen atoms in total. The predicted molar refractivity (Wildman–Crippen MR) is 102 cm³/mol. The lowest BCUT2D eigenvalue weighted by atomic mass is 9.86. The van der Waals surface area contributed by atoms with Crippen LogP contribution in [0.25, 0.3) is 16.0 Å². The smallest absolute Gasteiger partial charge is 0.251 e. The van der Waals surface area contributed by atoms with Crippen LogP contribution in [-0.2, 0) is 11.2 Å². The molecule has 1 saturated heterocycles. The van der Waals surface area contributed by atoms with Crippen molar-refractivity contribution in [2.24, 2.45) is 5.92 Å². The number of carbonyl (C=O) groups excluding carboxylic acids is 2. The summed E-state index contributed by atoms with van der Waals surface area (Å²) in [6.07, 6.45) is 6.39. The minimum absolute atomic E-state index is 0.0461. The zero-order chi connectivity index (χ0) is 19.6. The van der Waals surface area contributed by atoms with Gasteiger partial charge in [0.25, 0.3) is 5.54 Å². The normalized spacial score (nSPS) is 22.0. The Morgan fingerprint density at radius 2 is 2.33 bits per heavy atom. The topological polar surface area (TPSA) is 83.3 Å². The van der Waals surface area contributed by atoms with E-state index >= 15 is 0 Å². The van der Waals surface area contributed by atoms with E-state index < -0.39 is 5.54 Å². The van der Waals surface area contributed by atoms with E-state index in [1.807, 2.05) is 13.8 Å². The first-order valence-electron chi connectivity index (χ1n) is 9.08. The van der Waals surface area contributed by atoms with Gasteiger partial charge in [-0.3, -0.25) is 9.59 Å². The Balaban J connectivity index is 1.88. The molecular formula is C20H23N5O2. The molecule has 2 aromatic rings. The lowest BCUT2D eigenvalue weighted by Gasteiger charge is -2.17. The van der Waals surface area contributed by atoms with E-state index in [1.165, 1.54) is 6.08 Å². The molecule has 1 aliphatic rings. The number of likely N-dealkylation sites (tertiary alicyclic amines) is 1. The van der Waals surface area contributed by atoms with Crippen LogP contribution >= 0.6 is 0 Å². The fourth-order valence-electron chi connectivity index (χ4n) is 3.60. The number of ketones is 1. The number of aromatic amines is 1. The minimum Gasteiger partial charge on any atom is -0.344 e. The first kappa shape index (κ1) is 18.8. The molecule has 2 aromatic heterocycles. The highest BCUT2D eigenvalue weighted by Crippen LogP contribution is 2.34. The average Bonchev–Trinajstić information content (AvgIpc) is 3.23. The number of carbonyl (C=O) groups is 2. The number of aromatic nitrogens is 3. The summed E-state index contributed by atoms with van der Waals surface area (Å²) in [5.74, 6) is -0.170. The number of nitrogens with one attached hydrogen (secondary N) is 1. The molecule has 7 heteroatoms. The third kappa shape index (κ3) is 3.47. The second-order valence-corrected chi connectivity index (χ2v) is 7.23. The summed E-state index contributed by atoms with van der Waals surface area (Å²) < 4.78 is 0. The van der Waals surface area contributed by atoms with Crippen LogP contribution in [0.2, 0.25) is 0 Å². The molecule has 0 saturated carbocycles. The molecule has 0 bridgehead atoms. The van der Waals surface area contributed by atoms with E-state index in [0.29, 0.717) is 42.7 Å². The Bertz CT molecular complexity index is 941. The standard InChI is InChI=1S/C20H23N5O2/c1-5-7-16(26)15-10-23-19-18(15)24-14(9-22-19)8-13-11-25(17(27)6-2)12-20(13,3)21-4/h6,9-10,13H,2,5,7-8,11-12H2,1,3H3,(H,22,23)/t13-,20-/m0/s1. The van der Waals surface area contributed by atoms with Gasteiger partial charge in [-0.2, -0.15) is 0 Å². The highest BCUT2D eigenvalue weighted by Gasteiger charge is 2.50. The third-order valence-corrected chi connectivity index (χ3v) is 5.24. The van der Waals surface area contributed by atoms with Crippen LogP contribution in [0, 0.1) is 12.5 Å². The van der Waals surface area contributed by atoms with Gasteiger partial charge in [-0.15, -0.1) is 0 Å². The van der Waals surface area contributed by atoms with Crippen molar-refractivity contribution >= 4 is 22.9 Å². The van der Waals surface area contributed by atoms with Crippen molar-refractivity contribution in [2.75, 3.05) is 13.1 Å². The molecule has 0 spiro atoms. The number of hydrogen-bond donors (Lipinski definition) is 1. The van der Waals surface area contributed by atoms with Gasteiger partial charge < -0.3 is 14.7 Å². The van der Waals surface area contributed by atoms with Crippen molar-refractivity contribution < 1.29 is 9.59 Å². The molecule has 0 aliphatic carbocycles. The molecule has 0 radical (unpaired) electrons. The van der Waals surface area contributed by atoms with E-state index in [9.17, 15) is 9.59 Å². The quantitative estimate of drug-likeness (QED) is 0.485. The van der Waals surface area contributed by atoms with Crippen molar-refractivity contribution in [3.8, 4) is 0 Å². The van der Waals surface area contributed by atoms with Crippen LogP contribution in [0.5, 0.6) is 0 Å². The molecule has 1 fully saturated rings. The predicted octanol–water partition coefficient (Wildman–Crippen LogP) is 2.81. The molecule has 1 N–H and O–H groups in total. The fraction of sp³-hybridized carbons (Fsp3) is 0.450. The number of Topliss-reactive ketones (excluding diaryl/α,β-unsaturated/α-hetero) is 1. The first-order valence-corrected chi connectivity index (χ1v) is 9.08. The first-order chi connectivity index (χ1) is 12.9. The van der Waals surface area contributed by atoms with E-state index in [4.69, 9.17) is 6.57 Å². The third-order valence-electron chi connectivity index (χ3n) is 5.24. The maximum atomic E-state index is 12.3. The summed E-state index contributed by atoms with van der Waals surface area (Å²) in [7, 11) is 0. The number of hydrogen-bond acceptors (Lipinski definition) is 4. The fourth-order valence-corrected chi connectivity index (χ4v) is 3.60. The van der Waals surface area contributed by atoms with Crippen molar-refractivity contribution in [3.63, 3.8) is 0 Å². The van der Waals surface area contributed by atoms with Crippen molar-refractivity contribution in [2.45, 2.75) is 38.6 Å². The maximum Gasteiger partial charge on any atom is 0.251 e. The molecule has 0 aromatic carbocycles. The van der Waals surface area contributed by atoms with Gasteiger partial charge in [-0.05, 0) is 12.5 Å². The van der Waals surface area contributed by atoms with Crippen molar-refractivity contribution in [1.82, 2.24) is 19.9 Å². The Hall–Kier alpha value is -3.01. The van der Waals surface area contributed by atoms with Gasteiger partial charge in [0.1, 0.15) is 5.52 Å². The Morgan fingerprint density at radius 3 is 3.00 bits per heavy atom. The van der Waals surface area contributed by atoms with Crippen LogP contribution in [0.3, 0.4) is 0 Å². The molecule has 1 amide bonds. The van der Waals surface area contributed by atoms with Crippen LogP contribution in [-0.4, -0.2) is 50.2 Å². The minimum atomic E-state index is -0.672. The molecular weight excluding hydrogens is 342 g/mol. The molecule has 3 heterocycles. The second-order valence-electron chi connectivity index (χ2n) is 7.23. The summed E-state index contributed by atoms with van der Waals surface area (Å²) >= 11 is 0. The summed E-state index contributed by atoms with van der Waals surface area (Å²) in [4.78, 5) is 41.8. The molecule has 2 atom stereocenters. The summed E-state index contributed by atoms with van der Waals surface area (Å²) in [5.41, 5.74) is 1.77. The molecule has 140 valence electrons. The summed E-state index contributed by atoms with van der Waals surface area (Å²) in [5, 5.41) is 0. The average molecular weight is 365 g/mol. The second kappa shape index (κ2) is 7.31. The van der Waals surface area contributed by atoms with Gasteiger partial charge in [0.05, 0.1) is 29.9 Å². The Labute approximate surface area is 158 Å². The summed E-state index contributed by atoms with van der Waals surface area (Å²) in [6, 6.07) is 0. The van der Waals surface area contributed by atoms with E-state index in [-0.39, 0.29) is 17.6 Å². The van der Waals surface area contributed by atoms with E-state index in [0.717, 1.165) is 12.1 Å². The van der Waals surface area contributed by atoms with E-state index in [1.54, 1.807) is 17.3 Å². The van der Waals surface area contributed by atoms with Gasteiger partial charge in [0.2, 0.25) is 5.91 Å². The Morgan fingerprint density at radius 1 is 1.56 bits per heavy atom. The zero-order valence-corrected chi connectivity index (χ0v) is 15.7. The van der Waals surface area contributed by atoms with Crippen LogP contribution < -0.4 is 0 Å².